The monoisotopic (exact) mass is 211 g/mol. The first-order chi connectivity index (χ1) is 7.27. The maximum Gasteiger partial charge on any atom is 0.00669 e. The van der Waals surface area contributed by atoms with Crippen LogP contribution in [-0.2, 0) is 0 Å². The molecule has 1 atom stereocenters. The second-order valence-corrected chi connectivity index (χ2v) is 5.31. The van der Waals surface area contributed by atoms with Crippen molar-refractivity contribution in [2.45, 2.75) is 71.8 Å². The molecule has 0 saturated heterocycles. The lowest BCUT2D eigenvalue weighted by Gasteiger charge is -2.32. The third-order valence-electron chi connectivity index (χ3n) is 4.01. The molecule has 1 heteroatoms. The predicted octanol–water partition coefficient (Wildman–Crippen LogP) is 3.98. The Morgan fingerprint density at radius 2 is 1.73 bits per heavy atom. The van der Waals surface area contributed by atoms with Gasteiger partial charge < -0.3 is 5.32 Å². The van der Waals surface area contributed by atoms with Crippen LogP contribution in [0.25, 0.3) is 0 Å². The maximum atomic E-state index is 3.65. The van der Waals surface area contributed by atoms with Crippen LogP contribution in [0.4, 0.5) is 0 Å². The normalized spacial score (nSPS) is 29.0. The van der Waals surface area contributed by atoms with Crippen molar-refractivity contribution in [3.8, 4) is 0 Å². The minimum Gasteiger partial charge on any atom is -0.314 e. The molecule has 1 nitrogen and oxygen atoms in total. The molecule has 90 valence electrons. The van der Waals surface area contributed by atoms with Crippen molar-refractivity contribution >= 4 is 0 Å². The molecular formula is C14H29N. The second kappa shape index (κ2) is 7.27. The maximum absolute atomic E-state index is 3.65. The molecule has 1 rings (SSSR count). The molecule has 0 aromatic rings. The fourth-order valence-electron chi connectivity index (χ4n) is 2.92. The van der Waals surface area contributed by atoms with E-state index in [2.05, 4.69) is 26.1 Å². The van der Waals surface area contributed by atoms with Crippen LogP contribution in [0.2, 0.25) is 0 Å². The smallest absolute Gasteiger partial charge is 0.00669 e. The van der Waals surface area contributed by atoms with E-state index in [0.29, 0.717) is 0 Å². The van der Waals surface area contributed by atoms with E-state index >= 15 is 0 Å². The van der Waals surface area contributed by atoms with Gasteiger partial charge in [0, 0.05) is 6.04 Å². The molecule has 1 aliphatic carbocycles. The summed E-state index contributed by atoms with van der Waals surface area (Å²) in [5.74, 6) is 1.99. The van der Waals surface area contributed by atoms with Crippen molar-refractivity contribution in [2.75, 3.05) is 6.54 Å². The van der Waals surface area contributed by atoms with Gasteiger partial charge in [-0.2, -0.15) is 0 Å². The first-order valence-corrected chi connectivity index (χ1v) is 7.01. The fourth-order valence-corrected chi connectivity index (χ4v) is 2.92. The van der Waals surface area contributed by atoms with E-state index < -0.39 is 0 Å². The van der Waals surface area contributed by atoms with Gasteiger partial charge in [0.05, 0.1) is 0 Å². The molecule has 1 fully saturated rings. The summed E-state index contributed by atoms with van der Waals surface area (Å²) in [6, 6.07) is 0.743. The van der Waals surface area contributed by atoms with Crippen molar-refractivity contribution < 1.29 is 0 Å². The van der Waals surface area contributed by atoms with Crippen LogP contribution in [0.15, 0.2) is 0 Å². The molecule has 0 radical (unpaired) electrons. The van der Waals surface area contributed by atoms with Gasteiger partial charge in [0.15, 0.2) is 0 Å². The van der Waals surface area contributed by atoms with Crippen LogP contribution in [0.5, 0.6) is 0 Å². The highest BCUT2D eigenvalue weighted by atomic mass is 14.9. The Morgan fingerprint density at radius 3 is 2.27 bits per heavy atom. The van der Waals surface area contributed by atoms with Crippen LogP contribution < -0.4 is 5.32 Å². The summed E-state index contributed by atoms with van der Waals surface area (Å²) < 4.78 is 0. The van der Waals surface area contributed by atoms with E-state index in [-0.39, 0.29) is 0 Å². The lowest BCUT2D eigenvalue weighted by molar-refractivity contribution is 0.221. The van der Waals surface area contributed by atoms with Crippen molar-refractivity contribution in [1.82, 2.24) is 5.32 Å². The second-order valence-electron chi connectivity index (χ2n) is 5.31. The van der Waals surface area contributed by atoms with Crippen LogP contribution in [0, 0.1) is 11.8 Å². The van der Waals surface area contributed by atoms with Crippen LogP contribution in [0.1, 0.15) is 65.7 Å². The molecule has 0 aliphatic heterocycles. The predicted molar refractivity (Wildman–Crippen MR) is 68.1 cm³/mol. The number of hydrogen-bond donors (Lipinski definition) is 1. The van der Waals surface area contributed by atoms with E-state index in [0.717, 1.165) is 17.9 Å². The molecule has 1 unspecified atom stereocenters. The summed E-state index contributed by atoms with van der Waals surface area (Å²) in [4.78, 5) is 0. The first kappa shape index (κ1) is 13.0. The lowest BCUT2D eigenvalue weighted by Crippen LogP contribution is -2.36. The molecule has 0 aromatic carbocycles. The van der Waals surface area contributed by atoms with Gasteiger partial charge in [-0.05, 0) is 44.6 Å². The Kier molecular flexibility index (Phi) is 6.31. The van der Waals surface area contributed by atoms with Crippen molar-refractivity contribution in [3.05, 3.63) is 0 Å². The topological polar surface area (TPSA) is 12.0 Å². The Labute approximate surface area is 96.0 Å². The molecule has 1 N–H and O–H groups in total. The van der Waals surface area contributed by atoms with Crippen LogP contribution in [-0.4, -0.2) is 12.6 Å². The van der Waals surface area contributed by atoms with E-state index in [1.54, 1.807) is 0 Å². The quantitative estimate of drug-likeness (QED) is 0.700. The summed E-state index contributed by atoms with van der Waals surface area (Å²) in [6.45, 7) is 8.13. The Bertz CT molecular complexity index is 147. The molecular weight excluding hydrogens is 182 g/mol. The molecule has 0 heterocycles. The number of hydrogen-bond acceptors (Lipinski definition) is 1. The van der Waals surface area contributed by atoms with Gasteiger partial charge in [-0.25, -0.2) is 0 Å². The summed E-state index contributed by atoms with van der Waals surface area (Å²) in [5.41, 5.74) is 0. The number of rotatable bonds is 6. The highest BCUT2D eigenvalue weighted by Gasteiger charge is 2.24. The van der Waals surface area contributed by atoms with Gasteiger partial charge in [-0.1, -0.05) is 39.5 Å². The molecule has 0 amide bonds. The standard InChI is InChI=1S/C14H29N/c1-4-6-13-7-9-14(10-8-13)12(3)15-11-5-2/h12-15H,4-11H2,1-3H3. The highest BCUT2D eigenvalue weighted by Crippen LogP contribution is 2.33. The SMILES string of the molecule is CCCNC(C)C1CCC(CCC)CC1. The summed E-state index contributed by atoms with van der Waals surface area (Å²) in [5, 5.41) is 3.65. The van der Waals surface area contributed by atoms with Gasteiger partial charge >= 0.3 is 0 Å². The highest BCUT2D eigenvalue weighted by molar-refractivity contribution is 4.79. The zero-order valence-electron chi connectivity index (χ0n) is 10.9. The molecule has 1 saturated carbocycles. The lowest BCUT2D eigenvalue weighted by atomic mass is 9.77. The van der Waals surface area contributed by atoms with E-state index in [9.17, 15) is 0 Å². The van der Waals surface area contributed by atoms with E-state index in [1.165, 1.54) is 51.5 Å². The fraction of sp³-hybridized carbons (Fsp3) is 1.00. The average molecular weight is 211 g/mol. The van der Waals surface area contributed by atoms with Crippen molar-refractivity contribution in [3.63, 3.8) is 0 Å². The minimum atomic E-state index is 0.743. The molecule has 0 bridgehead atoms. The van der Waals surface area contributed by atoms with Crippen LogP contribution >= 0.6 is 0 Å². The van der Waals surface area contributed by atoms with E-state index in [4.69, 9.17) is 0 Å². The van der Waals surface area contributed by atoms with Gasteiger partial charge in [-0.15, -0.1) is 0 Å². The third-order valence-corrected chi connectivity index (χ3v) is 4.01. The molecule has 1 aliphatic rings. The van der Waals surface area contributed by atoms with Gasteiger partial charge in [0.2, 0.25) is 0 Å². The zero-order chi connectivity index (χ0) is 11.1. The summed E-state index contributed by atoms with van der Waals surface area (Å²) >= 11 is 0. The van der Waals surface area contributed by atoms with Crippen molar-refractivity contribution in [2.24, 2.45) is 11.8 Å². The summed E-state index contributed by atoms with van der Waals surface area (Å²) in [6.07, 6.45) is 9.98. The first-order valence-electron chi connectivity index (χ1n) is 7.01. The Hall–Kier alpha value is -0.0400. The number of nitrogens with one attached hydrogen (secondary N) is 1. The largest absolute Gasteiger partial charge is 0.314 e. The van der Waals surface area contributed by atoms with Gasteiger partial charge in [0.25, 0.3) is 0 Å². The van der Waals surface area contributed by atoms with Crippen LogP contribution in [0.3, 0.4) is 0 Å². The Balaban J connectivity index is 2.18. The Morgan fingerprint density at radius 1 is 1.07 bits per heavy atom. The molecule has 0 spiro atoms. The van der Waals surface area contributed by atoms with Gasteiger partial charge in [-0.3, -0.25) is 0 Å². The molecule has 0 aromatic heterocycles. The zero-order valence-corrected chi connectivity index (χ0v) is 10.9. The van der Waals surface area contributed by atoms with Crippen molar-refractivity contribution in [1.29, 1.82) is 0 Å². The van der Waals surface area contributed by atoms with E-state index in [1.807, 2.05) is 0 Å². The van der Waals surface area contributed by atoms with Gasteiger partial charge in [0.1, 0.15) is 0 Å². The minimum absolute atomic E-state index is 0.743. The third kappa shape index (κ3) is 4.55. The summed E-state index contributed by atoms with van der Waals surface area (Å²) in [7, 11) is 0. The molecule has 15 heavy (non-hydrogen) atoms. The average Bonchev–Trinajstić information content (AvgIpc) is 2.27.